The Balaban J connectivity index is 1.48. The first-order chi connectivity index (χ1) is 14.9. The van der Waals surface area contributed by atoms with Crippen LogP contribution in [0.2, 0.25) is 0 Å². The van der Waals surface area contributed by atoms with Crippen molar-refractivity contribution in [2.75, 3.05) is 13.1 Å². The summed E-state index contributed by atoms with van der Waals surface area (Å²) in [6.07, 6.45) is 3.07. The third kappa shape index (κ3) is 4.66. The molecule has 0 bridgehead atoms. The summed E-state index contributed by atoms with van der Waals surface area (Å²) < 4.78 is 18.6. The monoisotopic (exact) mass is 422 g/mol. The second kappa shape index (κ2) is 8.71. The summed E-state index contributed by atoms with van der Waals surface area (Å²) in [7, 11) is 0. The zero-order valence-corrected chi connectivity index (χ0v) is 17.2. The number of benzene rings is 2. The van der Waals surface area contributed by atoms with Crippen molar-refractivity contribution in [2.24, 2.45) is 0 Å². The van der Waals surface area contributed by atoms with Crippen LogP contribution in [0, 0.1) is 5.82 Å². The normalized spacial score (nSPS) is 14.6. The number of piperidine rings is 1. The highest BCUT2D eigenvalue weighted by atomic mass is 19.1. The van der Waals surface area contributed by atoms with Crippen LogP contribution in [0.25, 0.3) is 10.9 Å². The minimum atomic E-state index is -0.599. The molecular weight excluding hydrogens is 399 g/mol. The lowest BCUT2D eigenvalue weighted by molar-refractivity contribution is -0.130. The molecule has 4 rings (SSSR count). The molecule has 0 atom stereocenters. The van der Waals surface area contributed by atoms with E-state index in [2.05, 4.69) is 4.98 Å². The quantitative estimate of drug-likeness (QED) is 0.647. The highest BCUT2D eigenvalue weighted by Gasteiger charge is 2.25. The molecule has 7 heteroatoms. The summed E-state index contributed by atoms with van der Waals surface area (Å²) in [6, 6.07) is 11.4. The van der Waals surface area contributed by atoms with E-state index in [1.54, 1.807) is 29.3 Å². The Kier molecular flexibility index (Phi) is 5.84. The van der Waals surface area contributed by atoms with E-state index in [0.29, 0.717) is 43.3 Å². The van der Waals surface area contributed by atoms with Crippen molar-refractivity contribution < 1.29 is 23.8 Å². The molecule has 0 spiro atoms. The summed E-state index contributed by atoms with van der Waals surface area (Å²) >= 11 is 0. The van der Waals surface area contributed by atoms with E-state index in [4.69, 9.17) is 4.74 Å². The lowest BCUT2D eigenvalue weighted by atomic mass is 10.0. The van der Waals surface area contributed by atoms with Gasteiger partial charge in [0, 0.05) is 44.4 Å². The fourth-order valence-electron chi connectivity index (χ4n) is 3.83. The molecule has 0 radical (unpaired) electrons. The maximum Gasteiger partial charge on any atom is 0.342 e. The first-order valence-corrected chi connectivity index (χ1v) is 10.2. The number of esters is 1. The number of ether oxygens (including phenoxy) is 1. The molecule has 3 aromatic rings. The van der Waals surface area contributed by atoms with Crippen LogP contribution in [0.15, 0.2) is 48.7 Å². The standard InChI is InChI=1S/C24H23FN2O4/c1-15(28)27-10-8-20(9-11-27)31-24(30)21-7-4-18-13-17(14-26-22(18)23(21)29)12-16-2-5-19(25)6-3-16/h2-7,13-14,20,29H,8-12H2,1H3. The first kappa shape index (κ1) is 20.8. The van der Waals surface area contributed by atoms with Crippen LogP contribution >= 0.6 is 0 Å². The molecular formula is C24H23FN2O4. The Morgan fingerprint density at radius 2 is 1.84 bits per heavy atom. The average Bonchev–Trinajstić information content (AvgIpc) is 2.76. The number of phenols is 1. The van der Waals surface area contributed by atoms with E-state index in [-0.39, 0.29) is 29.1 Å². The first-order valence-electron chi connectivity index (χ1n) is 10.2. The van der Waals surface area contributed by atoms with Gasteiger partial charge in [0.05, 0.1) is 0 Å². The van der Waals surface area contributed by atoms with Gasteiger partial charge in [-0.05, 0) is 41.8 Å². The molecule has 0 saturated carbocycles. The molecule has 1 aromatic heterocycles. The van der Waals surface area contributed by atoms with E-state index in [0.717, 1.165) is 11.1 Å². The van der Waals surface area contributed by atoms with E-state index in [1.165, 1.54) is 25.1 Å². The van der Waals surface area contributed by atoms with E-state index < -0.39 is 5.97 Å². The fraction of sp³-hybridized carbons (Fsp3) is 0.292. The van der Waals surface area contributed by atoms with Crippen molar-refractivity contribution in [1.82, 2.24) is 9.88 Å². The molecule has 31 heavy (non-hydrogen) atoms. The van der Waals surface area contributed by atoms with Crippen molar-refractivity contribution in [3.63, 3.8) is 0 Å². The van der Waals surface area contributed by atoms with Crippen LogP contribution in [0.1, 0.15) is 41.3 Å². The summed E-state index contributed by atoms with van der Waals surface area (Å²) in [6.45, 7) is 2.63. The van der Waals surface area contributed by atoms with Crippen molar-refractivity contribution in [3.05, 3.63) is 71.2 Å². The Labute approximate surface area is 179 Å². The number of hydrogen-bond acceptors (Lipinski definition) is 5. The zero-order chi connectivity index (χ0) is 22.0. The molecule has 1 amide bonds. The highest BCUT2D eigenvalue weighted by molar-refractivity contribution is 5.99. The number of phenolic OH excluding ortho intramolecular Hbond substituents is 1. The van der Waals surface area contributed by atoms with Crippen molar-refractivity contribution in [3.8, 4) is 5.75 Å². The molecule has 1 N–H and O–H groups in total. The number of carbonyl (C=O) groups is 2. The van der Waals surface area contributed by atoms with Crippen molar-refractivity contribution >= 4 is 22.8 Å². The van der Waals surface area contributed by atoms with Crippen molar-refractivity contribution in [2.45, 2.75) is 32.3 Å². The number of nitrogens with zero attached hydrogens (tertiary/aromatic N) is 2. The minimum Gasteiger partial charge on any atom is -0.505 e. The SMILES string of the molecule is CC(=O)N1CCC(OC(=O)c2ccc3cc(Cc4ccc(F)cc4)cnc3c2O)CC1. The van der Waals surface area contributed by atoms with Crippen LogP contribution in [-0.4, -0.2) is 46.1 Å². The van der Waals surface area contributed by atoms with E-state index >= 15 is 0 Å². The number of likely N-dealkylation sites (tertiary alicyclic amines) is 1. The number of halogens is 1. The number of pyridine rings is 1. The zero-order valence-electron chi connectivity index (χ0n) is 17.2. The summed E-state index contributed by atoms with van der Waals surface area (Å²) in [5.74, 6) is -1.08. The van der Waals surface area contributed by atoms with Gasteiger partial charge in [-0.3, -0.25) is 9.78 Å². The minimum absolute atomic E-state index is 0.0156. The summed E-state index contributed by atoms with van der Waals surface area (Å²) in [5, 5.41) is 11.3. The van der Waals surface area contributed by atoms with Gasteiger partial charge in [0.2, 0.25) is 5.91 Å². The Morgan fingerprint density at radius 3 is 2.52 bits per heavy atom. The van der Waals surface area contributed by atoms with Crippen molar-refractivity contribution in [1.29, 1.82) is 0 Å². The lowest BCUT2D eigenvalue weighted by Gasteiger charge is -2.30. The van der Waals surface area contributed by atoms with Gasteiger partial charge in [0.1, 0.15) is 23.0 Å². The Bertz CT molecular complexity index is 1120. The third-order valence-corrected chi connectivity index (χ3v) is 5.59. The van der Waals surface area contributed by atoms with Crippen LogP contribution < -0.4 is 0 Å². The molecule has 2 heterocycles. The average molecular weight is 422 g/mol. The van der Waals surface area contributed by atoms with Gasteiger partial charge < -0.3 is 14.7 Å². The number of carbonyl (C=O) groups excluding carboxylic acids is 2. The molecule has 1 saturated heterocycles. The molecule has 1 fully saturated rings. The molecule has 1 aliphatic rings. The second-order valence-electron chi connectivity index (χ2n) is 7.79. The summed E-state index contributed by atoms with van der Waals surface area (Å²) in [4.78, 5) is 30.1. The van der Waals surface area contributed by atoms with Crippen LogP contribution in [0.4, 0.5) is 4.39 Å². The maximum atomic E-state index is 13.1. The van der Waals surface area contributed by atoms with Gasteiger partial charge in [-0.25, -0.2) is 9.18 Å². The molecule has 0 unspecified atom stereocenters. The smallest absolute Gasteiger partial charge is 0.342 e. The van der Waals surface area contributed by atoms with Gasteiger partial charge in [0.15, 0.2) is 5.75 Å². The van der Waals surface area contributed by atoms with Gasteiger partial charge in [-0.1, -0.05) is 18.2 Å². The maximum absolute atomic E-state index is 13.1. The Hall–Kier alpha value is -3.48. The largest absolute Gasteiger partial charge is 0.505 e. The van der Waals surface area contributed by atoms with Gasteiger partial charge >= 0.3 is 5.97 Å². The fourth-order valence-corrected chi connectivity index (χ4v) is 3.83. The van der Waals surface area contributed by atoms with Gasteiger partial charge in [0.25, 0.3) is 0 Å². The second-order valence-corrected chi connectivity index (χ2v) is 7.79. The van der Waals surface area contributed by atoms with Crippen LogP contribution in [0.3, 0.4) is 0 Å². The predicted octanol–water partition coefficient (Wildman–Crippen LogP) is 3.84. The van der Waals surface area contributed by atoms with Gasteiger partial charge in [-0.2, -0.15) is 0 Å². The molecule has 160 valence electrons. The number of hydrogen-bond donors (Lipinski definition) is 1. The lowest BCUT2D eigenvalue weighted by Crippen LogP contribution is -2.40. The number of amides is 1. The van der Waals surface area contributed by atoms with E-state index in [1.807, 2.05) is 6.07 Å². The predicted molar refractivity (Wildman–Crippen MR) is 113 cm³/mol. The van der Waals surface area contributed by atoms with E-state index in [9.17, 15) is 19.1 Å². The summed E-state index contributed by atoms with van der Waals surface area (Å²) in [5.41, 5.74) is 2.25. The van der Waals surface area contributed by atoms with Crippen LogP contribution in [-0.2, 0) is 16.0 Å². The molecule has 6 nitrogen and oxygen atoms in total. The molecule has 0 aliphatic carbocycles. The topological polar surface area (TPSA) is 79.7 Å². The Morgan fingerprint density at radius 1 is 1.13 bits per heavy atom. The number of aromatic hydroxyl groups is 1. The number of rotatable bonds is 4. The van der Waals surface area contributed by atoms with Crippen LogP contribution in [0.5, 0.6) is 5.75 Å². The highest BCUT2D eigenvalue weighted by Crippen LogP contribution is 2.29. The molecule has 2 aromatic carbocycles. The third-order valence-electron chi connectivity index (χ3n) is 5.59. The van der Waals surface area contributed by atoms with Gasteiger partial charge in [-0.15, -0.1) is 0 Å². The number of aromatic nitrogens is 1. The number of fused-ring (bicyclic) bond motifs is 1. The molecule has 1 aliphatic heterocycles.